The number of hydrogen-bond donors (Lipinski definition) is 1. The summed E-state index contributed by atoms with van der Waals surface area (Å²) in [6.07, 6.45) is 10.2. The molecular formula is C52H61N7O8S. The van der Waals surface area contributed by atoms with Gasteiger partial charge in [0.05, 0.1) is 28.8 Å². The number of piperidine rings is 2. The van der Waals surface area contributed by atoms with Crippen LogP contribution in [-0.2, 0) is 41.6 Å². The molecule has 3 aromatic heterocycles. The van der Waals surface area contributed by atoms with E-state index < -0.39 is 32.9 Å². The fraction of sp³-hybridized carbons (Fsp3) is 0.462. The van der Waals surface area contributed by atoms with Crippen LogP contribution in [0.3, 0.4) is 0 Å². The molecule has 1 aliphatic carbocycles. The van der Waals surface area contributed by atoms with Crippen molar-refractivity contribution in [2.24, 2.45) is 18.7 Å². The molecule has 4 aliphatic rings. The Morgan fingerprint density at radius 2 is 1.66 bits per heavy atom. The minimum absolute atomic E-state index is 0.00741. The Balaban J connectivity index is 1.06. The summed E-state index contributed by atoms with van der Waals surface area (Å²) < 4.78 is 56.5. The first kappa shape index (κ1) is 46.1. The normalized spacial score (nSPS) is 20.4. The Kier molecular flexibility index (Phi) is 12.7. The van der Waals surface area contributed by atoms with Gasteiger partial charge in [-0.1, -0.05) is 54.1 Å². The van der Waals surface area contributed by atoms with Gasteiger partial charge in [-0.15, -0.1) is 0 Å². The Morgan fingerprint density at radius 1 is 0.912 bits per heavy atom. The molecule has 3 saturated heterocycles. The van der Waals surface area contributed by atoms with Crippen LogP contribution in [0.15, 0.2) is 101 Å². The molecule has 16 heteroatoms. The lowest BCUT2D eigenvalue weighted by Crippen LogP contribution is -2.48. The number of carbonyl (C=O) groups is 1. The van der Waals surface area contributed by atoms with E-state index in [1.807, 2.05) is 44.2 Å². The van der Waals surface area contributed by atoms with Crippen LogP contribution in [0.2, 0.25) is 0 Å². The number of hydrogen-bond acceptors (Lipinski definition) is 12. The Morgan fingerprint density at radius 3 is 2.35 bits per heavy atom. The average Bonchev–Trinajstić information content (AvgIpc) is 4.05. The van der Waals surface area contributed by atoms with Gasteiger partial charge >= 0.3 is 6.09 Å². The number of fused-ring (bicyclic) bond motifs is 2. The molecule has 0 radical (unpaired) electrons. The molecule has 0 spiro atoms. The molecule has 358 valence electrons. The molecule has 4 fully saturated rings. The SMILES string of the molecule is Cc1ccc(S(=O)(=O)n2ccc3c(-c4ccc5nc(N6CCC(CN7CCC(C)(OC(N)=O)CC7)CC6)nc(C(COC6CCCCO6)(OC6CC6)c6ccccc6)c5c4)cn(C)c(=O)c32)cc1. The Hall–Kier alpha value is -5.65. The number of primary amides is 1. The standard InChI is InChI=1S/C52H61N7O8S/c1-35-12-17-40(18-13-35)68(62,63)59-27-22-41-43(33-56(3)48(60)46(41)59)37-14-19-44-42(31-37)47(52(66-39-15-16-39,38-9-5-4-6-10-38)34-65-45-11-7-8-30-64-45)55-50(54-44)58-25-20-36(21-26-58)32-57-28-23-51(2,24-29-57)67-49(53)61/h4-6,9-10,12-14,17-19,22,27,31,33,36,39,45H,7-8,11,15-16,20-21,23-26,28-30,32,34H2,1-3H3,(H2,53,61). The summed E-state index contributed by atoms with van der Waals surface area (Å²) in [4.78, 5) is 41.2. The van der Waals surface area contributed by atoms with Gasteiger partial charge < -0.3 is 39.0 Å². The minimum Gasteiger partial charge on any atom is -0.443 e. The maximum atomic E-state index is 14.1. The van der Waals surface area contributed by atoms with E-state index in [1.54, 1.807) is 43.6 Å². The second kappa shape index (κ2) is 18.7. The van der Waals surface area contributed by atoms with Crippen LogP contribution in [0.4, 0.5) is 10.7 Å². The molecule has 10 rings (SSSR count). The zero-order chi connectivity index (χ0) is 47.2. The van der Waals surface area contributed by atoms with E-state index >= 15 is 0 Å². The molecule has 6 aromatic rings. The Labute approximate surface area is 397 Å². The van der Waals surface area contributed by atoms with Crippen LogP contribution in [0.1, 0.15) is 81.5 Å². The molecule has 2 N–H and O–H groups in total. The largest absolute Gasteiger partial charge is 0.443 e. The number of nitrogens with zero attached hydrogens (tertiary/aromatic N) is 6. The van der Waals surface area contributed by atoms with Crippen LogP contribution in [0.25, 0.3) is 32.9 Å². The number of nitrogens with two attached hydrogens (primary N) is 1. The fourth-order valence-electron chi connectivity index (χ4n) is 10.2. The highest BCUT2D eigenvalue weighted by Crippen LogP contribution is 2.44. The van der Waals surface area contributed by atoms with Crippen LogP contribution in [-0.4, -0.2) is 102 Å². The van der Waals surface area contributed by atoms with E-state index in [0.717, 1.165) is 122 Å². The van der Waals surface area contributed by atoms with Gasteiger partial charge in [0.25, 0.3) is 15.6 Å². The van der Waals surface area contributed by atoms with Crippen molar-refractivity contribution in [1.82, 2.24) is 23.4 Å². The summed E-state index contributed by atoms with van der Waals surface area (Å²) in [6.45, 7) is 8.87. The molecule has 2 unspecified atom stereocenters. The number of likely N-dealkylation sites (tertiary alicyclic amines) is 1. The van der Waals surface area contributed by atoms with E-state index in [-0.39, 0.29) is 29.4 Å². The number of amides is 1. The summed E-state index contributed by atoms with van der Waals surface area (Å²) in [6, 6.07) is 24.5. The second-order valence-corrected chi connectivity index (χ2v) is 21.3. The summed E-state index contributed by atoms with van der Waals surface area (Å²) in [7, 11) is -2.46. The lowest BCUT2D eigenvalue weighted by molar-refractivity contribution is -0.197. The zero-order valence-corrected chi connectivity index (χ0v) is 40.0. The quantitative estimate of drug-likeness (QED) is 0.113. The van der Waals surface area contributed by atoms with E-state index in [0.29, 0.717) is 35.1 Å². The van der Waals surface area contributed by atoms with Gasteiger partial charge in [-0.3, -0.25) is 4.79 Å². The number of aromatic nitrogens is 4. The summed E-state index contributed by atoms with van der Waals surface area (Å²) in [5, 5.41) is 1.26. The smallest absolute Gasteiger partial charge is 0.405 e. The fourth-order valence-corrected chi connectivity index (χ4v) is 11.6. The van der Waals surface area contributed by atoms with Crippen molar-refractivity contribution in [1.29, 1.82) is 0 Å². The molecule has 3 aromatic carbocycles. The number of pyridine rings is 1. The van der Waals surface area contributed by atoms with Crippen LogP contribution in [0, 0.1) is 12.8 Å². The van der Waals surface area contributed by atoms with Crippen LogP contribution < -0.4 is 16.2 Å². The highest BCUT2D eigenvalue weighted by atomic mass is 32.2. The lowest BCUT2D eigenvalue weighted by Gasteiger charge is -2.41. The van der Waals surface area contributed by atoms with Gasteiger partial charge in [0, 0.05) is 75.1 Å². The van der Waals surface area contributed by atoms with Gasteiger partial charge in [-0.05, 0) is 119 Å². The molecule has 2 atom stereocenters. The summed E-state index contributed by atoms with van der Waals surface area (Å²) >= 11 is 0. The molecular weight excluding hydrogens is 883 g/mol. The van der Waals surface area contributed by atoms with Crippen molar-refractivity contribution >= 4 is 43.9 Å². The first-order valence-electron chi connectivity index (χ1n) is 24.1. The summed E-state index contributed by atoms with van der Waals surface area (Å²) in [5.41, 5.74) is 7.97. The van der Waals surface area contributed by atoms with Crippen molar-refractivity contribution in [3.8, 4) is 11.1 Å². The van der Waals surface area contributed by atoms with E-state index in [9.17, 15) is 18.0 Å². The van der Waals surface area contributed by atoms with Crippen molar-refractivity contribution in [2.45, 2.75) is 100 Å². The zero-order valence-electron chi connectivity index (χ0n) is 39.1. The molecule has 6 heterocycles. The van der Waals surface area contributed by atoms with E-state index in [4.69, 9.17) is 34.6 Å². The third-order valence-electron chi connectivity index (χ3n) is 14.4. The predicted octanol–water partition coefficient (Wildman–Crippen LogP) is 7.63. The molecule has 3 aliphatic heterocycles. The third-order valence-corrected chi connectivity index (χ3v) is 16.1. The predicted molar refractivity (Wildman–Crippen MR) is 260 cm³/mol. The number of rotatable bonds is 14. The van der Waals surface area contributed by atoms with Crippen LogP contribution in [0.5, 0.6) is 0 Å². The lowest BCUT2D eigenvalue weighted by atomic mass is 9.87. The van der Waals surface area contributed by atoms with Crippen LogP contribution >= 0.6 is 0 Å². The Bertz CT molecular complexity index is 2970. The highest BCUT2D eigenvalue weighted by molar-refractivity contribution is 7.90. The maximum absolute atomic E-state index is 14.1. The van der Waals surface area contributed by atoms with Gasteiger partial charge in [-0.2, -0.15) is 0 Å². The van der Waals surface area contributed by atoms with E-state index in [2.05, 4.69) is 28.0 Å². The third kappa shape index (κ3) is 9.28. The second-order valence-electron chi connectivity index (χ2n) is 19.5. The van der Waals surface area contributed by atoms with Crippen molar-refractivity contribution in [3.05, 3.63) is 118 Å². The van der Waals surface area contributed by atoms with Crippen molar-refractivity contribution in [2.75, 3.05) is 50.8 Å². The maximum Gasteiger partial charge on any atom is 0.405 e. The van der Waals surface area contributed by atoms with Gasteiger partial charge in [0.2, 0.25) is 5.95 Å². The average molecular weight is 944 g/mol. The summed E-state index contributed by atoms with van der Waals surface area (Å²) in [5.74, 6) is 1.11. The highest BCUT2D eigenvalue weighted by Gasteiger charge is 2.45. The van der Waals surface area contributed by atoms with Crippen molar-refractivity contribution in [3.63, 3.8) is 0 Å². The first-order valence-corrected chi connectivity index (χ1v) is 25.5. The van der Waals surface area contributed by atoms with Gasteiger partial charge in [0.15, 0.2) is 11.9 Å². The molecule has 1 saturated carbocycles. The number of aryl methyl sites for hydroxylation is 2. The number of ether oxygens (including phenoxy) is 4. The molecule has 15 nitrogen and oxygen atoms in total. The topological polar surface area (TPSA) is 173 Å². The molecule has 0 bridgehead atoms. The molecule has 68 heavy (non-hydrogen) atoms. The van der Waals surface area contributed by atoms with Gasteiger partial charge in [0.1, 0.15) is 11.1 Å². The first-order chi connectivity index (χ1) is 32.8. The molecule has 1 amide bonds. The van der Waals surface area contributed by atoms with E-state index in [1.165, 1.54) is 10.8 Å². The number of carbonyl (C=O) groups excluding carboxylic acids is 1. The van der Waals surface area contributed by atoms with Gasteiger partial charge in [-0.25, -0.2) is 27.2 Å². The minimum atomic E-state index is -4.11. The van der Waals surface area contributed by atoms with Crippen molar-refractivity contribution < 1.29 is 32.2 Å². The number of benzene rings is 3. The monoisotopic (exact) mass is 943 g/mol. The number of anilines is 1.